The van der Waals surface area contributed by atoms with Crippen LogP contribution in [0.4, 0.5) is 0 Å². The minimum atomic E-state index is -0.0954. The van der Waals surface area contributed by atoms with Gasteiger partial charge < -0.3 is 0 Å². The Labute approximate surface area is 133 Å². The van der Waals surface area contributed by atoms with Gasteiger partial charge in [0.1, 0.15) is 0 Å². The van der Waals surface area contributed by atoms with E-state index in [0.29, 0.717) is 0 Å². The minimum Gasteiger partial charge on any atom is -0.294 e. The van der Waals surface area contributed by atoms with Gasteiger partial charge in [-0.15, -0.1) is 0 Å². The van der Waals surface area contributed by atoms with Gasteiger partial charge >= 0.3 is 0 Å². The molecule has 0 saturated heterocycles. The summed E-state index contributed by atoms with van der Waals surface area (Å²) in [6.45, 7) is 0. The number of carbonyl (C=O) groups excluding carboxylic acids is 1. The fraction of sp³-hybridized carbons (Fsp3) is 0.105. The first-order chi connectivity index (χ1) is 10.3. The van der Waals surface area contributed by atoms with E-state index < -0.39 is 0 Å². The number of rotatable bonds is 3. The lowest BCUT2D eigenvalue weighted by Crippen LogP contribution is -2.12. The van der Waals surface area contributed by atoms with Gasteiger partial charge in [-0.25, -0.2) is 0 Å². The fourth-order valence-electron chi connectivity index (χ4n) is 2.73. The molecule has 1 unspecified atom stereocenters. The van der Waals surface area contributed by atoms with E-state index in [-0.39, 0.29) is 11.7 Å². The van der Waals surface area contributed by atoms with Crippen molar-refractivity contribution in [2.75, 3.05) is 0 Å². The van der Waals surface area contributed by atoms with Crippen LogP contribution in [0.5, 0.6) is 0 Å². The summed E-state index contributed by atoms with van der Waals surface area (Å²) in [7, 11) is 0. The normalized spacial score (nSPS) is 19.9. The Kier molecular flexibility index (Phi) is 4.16. The molecule has 3 rings (SSSR count). The molecule has 0 fully saturated rings. The molecule has 0 aromatic heterocycles. The SMILES string of the molecule is O=C1C=C(c2ccccc2)/C(=C/Br)C1Cc1ccccc1. The van der Waals surface area contributed by atoms with Crippen molar-refractivity contribution in [3.63, 3.8) is 0 Å². The lowest BCUT2D eigenvalue weighted by atomic mass is 9.90. The molecular formula is C19H15BrO. The fourth-order valence-corrected chi connectivity index (χ4v) is 3.30. The van der Waals surface area contributed by atoms with Gasteiger partial charge in [-0.3, -0.25) is 4.79 Å². The highest BCUT2D eigenvalue weighted by Gasteiger charge is 2.31. The van der Waals surface area contributed by atoms with Crippen LogP contribution in [0.3, 0.4) is 0 Å². The molecule has 0 aliphatic heterocycles. The lowest BCUT2D eigenvalue weighted by molar-refractivity contribution is -0.116. The largest absolute Gasteiger partial charge is 0.294 e. The highest BCUT2D eigenvalue weighted by atomic mass is 79.9. The van der Waals surface area contributed by atoms with Gasteiger partial charge in [-0.2, -0.15) is 0 Å². The van der Waals surface area contributed by atoms with Gasteiger partial charge in [0.25, 0.3) is 0 Å². The molecule has 2 aromatic rings. The lowest BCUT2D eigenvalue weighted by Gasteiger charge is -2.13. The summed E-state index contributed by atoms with van der Waals surface area (Å²) in [5.74, 6) is 0.0883. The first-order valence-electron chi connectivity index (χ1n) is 6.95. The Morgan fingerprint density at radius 3 is 2.19 bits per heavy atom. The molecule has 1 aliphatic rings. The molecule has 0 radical (unpaired) electrons. The maximum Gasteiger partial charge on any atom is 0.164 e. The highest BCUT2D eigenvalue weighted by Crippen LogP contribution is 2.38. The zero-order chi connectivity index (χ0) is 14.7. The van der Waals surface area contributed by atoms with E-state index in [1.807, 2.05) is 53.5 Å². The molecule has 0 amide bonds. The van der Waals surface area contributed by atoms with Crippen molar-refractivity contribution >= 4 is 27.3 Å². The van der Waals surface area contributed by atoms with Crippen LogP contribution < -0.4 is 0 Å². The number of ketones is 1. The summed E-state index contributed by atoms with van der Waals surface area (Å²) in [5, 5.41) is 0. The van der Waals surface area contributed by atoms with Crippen LogP contribution >= 0.6 is 15.9 Å². The van der Waals surface area contributed by atoms with Gasteiger partial charge in [0.05, 0.1) is 5.92 Å². The quantitative estimate of drug-likeness (QED) is 0.786. The van der Waals surface area contributed by atoms with Crippen LogP contribution in [-0.4, -0.2) is 5.78 Å². The van der Waals surface area contributed by atoms with Crippen molar-refractivity contribution in [1.82, 2.24) is 0 Å². The number of halogens is 1. The van der Waals surface area contributed by atoms with E-state index in [9.17, 15) is 4.79 Å². The third kappa shape index (κ3) is 2.91. The topological polar surface area (TPSA) is 17.1 Å². The van der Waals surface area contributed by atoms with Crippen LogP contribution in [0, 0.1) is 5.92 Å². The molecular weight excluding hydrogens is 324 g/mol. The number of hydrogen-bond donors (Lipinski definition) is 0. The van der Waals surface area contributed by atoms with E-state index in [1.165, 1.54) is 5.56 Å². The minimum absolute atomic E-state index is 0.0954. The average molecular weight is 339 g/mol. The third-order valence-corrected chi connectivity index (χ3v) is 4.29. The Balaban J connectivity index is 1.91. The van der Waals surface area contributed by atoms with Crippen molar-refractivity contribution in [2.45, 2.75) is 6.42 Å². The van der Waals surface area contributed by atoms with Crippen molar-refractivity contribution in [1.29, 1.82) is 0 Å². The summed E-state index contributed by atoms with van der Waals surface area (Å²) in [4.78, 5) is 14.3. The predicted molar refractivity (Wildman–Crippen MR) is 90.1 cm³/mol. The molecule has 0 bridgehead atoms. The first-order valence-corrected chi connectivity index (χ1v) is 7.86. The summed E-state index contributed by atoms with van der Waals surface area (Å²) in [6, 6.07) is 20.2. The molecule has 21 heavy (non-hydrogen) atoms. The zero-order valence-corrected chi connectivity index (χ0v) is 13.1. The standard InChI is InChI=1S/C19H15BrO/c20-13-18-16(15-9-5-2-6-10-15)12-19(21)17(18)11-14-7-3-1-4-8-14/h1-10,12-13,17H,11H2/b18-13-. The Hall–Kier alpha value is -1.93. The molecule has 0 heterocycles. The average Bonchev–Trinajstić information content (AvgIpc) is 2.85. The van der Waals surface area contributed by atoms with Crippen molar-refractivity contribution in [3.8, 4) is 0 Å². The summed E-state index contributed by atoms with van der Waals surface area (Å²) >= 11 is 3.44. The van der Waals surface area contributed by atoms with Gasteiger partial charge in [0.2, 0.25) is 0 Å². The van der Waals surface area contributed by atoms with Gasteiger partial charge in [-0.05, 0) is 39.8 Å². The smallest absolute Gasteiger partial charge is 0.164 e. The van der Waals surface area contributed by atoms with Gasteiger partial charge in [-0.1, -0.05) is 76.6 Å². The number of allylic oxidation sites excluding steroid dienone is 3. The third-order valence-electron chi connectivity index (χ3n) is 3.80. The second-order valence-electron chi connectivity index (χ2n) is 5.13. The van der Waals surface area contributed by atoms with E-state index in [0.717, 1.165) is 23.1 Å². The van der Waals surface area contributed by atoms with Crippen molar-refractivity contribution in [3.05, 3.63) is 88.4 Å². The molecule has 0 N–H and O–H groups in total. The van der Waals surface area contributed by atoms with Crippen LogP contribution in [0.25, 0.3) is 5.57 Å². The predicted octanol–water partition coefficient (Wildman–Crippen LogP) is 4.79. The maximum atomic E-state index is 12.4. The summed E-state index contributed by atoms with van der Waals surface area (Å²) < 4.78 is 0. The second kappa shape index (κ2) is 6.23. The van der Waals surface area contributed by atoms with Gasteiger partial charge in [0, 0.05) is 0 Å². The Morgan fingerprint density at radius 2 is 1.57 bits per heavy atom. The van der Waals surface area contributed by atoms with Crippen molar-refractivity contribution in [2.24, 2.45) is 5.92 Å². The Bertz CT molecular complexity index is 699. The highest BCUT2D eigenvalue weighted by molar-refractivity contribution is 9.11. The van der Waals surface area contributed by atoms with E-state index >= 15 is 0 Å². The van der Waals surface area contributed by atoms with E-state index in [1.54, 1.807) is 6.08 Å². The van der Waals surface area contributed by atoms with Crippen molar-refractivity contribution < 1.29 is 4.79 Å². The molecule has 104 valence electrons. The summed E-state index contributed by atoms with van der Waals surface area (Å²) in [5.41, 5.74) is 4.37. The molecule has 2 heteroatoms. The summed E-state index contributed by atoms with van der Waals surface area (Å²) in [6.07, 6.45) is 2.51. The van der Waals surface area contributed by atoms with E-state index in [4.69, 9.17) is 0 Å². The van der Waals surface area contributed by atoms with E-state index in [2.05, 4.69) is 28.1 Å². The van der Waals surface area contributed by atoms with Gasteiger partial charge in [0.15, 0.2) is 5.78 Å². The zero-order valence-electron chi connectivity index (χ0n) is 11.5. The monoisotopic (exact) mass is 338 g/mol. The number of carbonyl (C=O) groups is 1. The molecule has 2 aromatic carbocycles. The molecule has 0 saturated carbocycles. The molecule has 1 atom stereocenters. The van der Waals surface area contributed by atoms with Crippen LogP contribution in [0.1, 0.15) is 11.1 Å². The Morgan fingerprint density at radius 1 is 0.952 bits per heavy atom. The molecule has 0 spiro atoms. The molecule has 1 nitrogen and oxygen atoms in total. The first kappa shape index (κ1) is 14.0. The van der Waals surface area contributed by atoms with Crippen LogP contribution in [0.2, 0.25) is 0 Å². The maximum absolute atomic E-state index is 12.4. The van der Waals surface area contributed by atoms with Crippen LogP contribution in [0.15, 0.2) is 77.3 Å². The number of hydrogen-bond acceptors (Lipinski definition) is 1. The number of benzene rings is 2. The second-order valence-corrected chi connectivity index (χ2v) is 5.59. The molecule has 1 aliphatic carbocycles. The van der Waals surface area contributed by atoms with Crippen LogP contribution in [-0.2, 0) is 11.2 Å².